The Kier molecular flexibility index (Phi) is 5.02. The lowest BCUT2D eigenvalue weighted by atomic mass is 9.73. The summed E-state index contributed by atoms with van der Waals surface area (Å²) in [5.74, 6) is 0.908. The summed E-state index contributed by atoms with van der Waals surface area (Å²) in [6.07, 6.45) is 7.46. The molecule has 2 heterocycles. The second-order valence-corrected chi connectivity index (χ2v) is 7.01. The maximum absolute atomic E-state index is 5.50. The molecule has 3 rings (SSSR count). The first-order chi connectivity index (χ1) is 11.1. The molecule has 0 spiro atoms. The van der Waals surface area contributed by atoms with E-state index >= 15 is 0 Å². The molecule has 1 aliphatic carbocycles. The standard InChI is InChI=1S/C17H29N5O/c1-4-10-23-12-18-13(2)16-20-19-15-11-14(21-22(15)16)17(3)8-6-5-7-9-17/h11,13,18-19H,4-10,12H2,1-3H3. The Labute approximate surface area is 138 Å². The van der Waals surface area contributed by atoms with Gasteiger partial charge in [-0.2, -0.15) is 14.7 Å². The average Bonchev–Trinajstić information content (AvgIpc) is 3.13. The molecule has 1 aliphatic rings. The highest BCUT2D eigenvalue weighted by Crippen LogP contribution is 2.38. The van der Waals surface area contributed by atoms with Gasteiger partial charge in [0.15, 0.2) is 11.5 Å². The highest BCUT2D eigenvalue weighted by Gasteiger charge is 2.32. The molecule has 0 aromatic carbocycles. The van der Waals surface area contributed by atoms with Gasteiger partial charge in [0.2, 0.25) is 0 Å². The number of H-pyrrole nitrogens is 1. The van der Waals surface area contributed by atoms with E-state index in [0.717, 1.165) is 24.5 Å². The van der Waals surface area contributed by atoms with Gasteiger partial charge < -0.3 is 4.74 Å². The molecular weight excluding hydrogens is 290 g/mol. The normalized spacial score (nSPS) is 19.3. The van der Waals surface area contributed by atoms with Crippen LogP contribution in [0.25, 0.3) is 5.65 Å². The number of ether oxygens (including phenoxy) is 1. The molecule has 2 N–H and O–H groups in total. The lowest BCUT2D eigenvalue weighted by Gasteiger charge is -2.31. The van der Waals surface area contributed by atoms with Crippen LogP contribution in [0, 0.1) is 0 Å². The summed E-state index contributed by atoms with van der Waals surface area (Å²) in [5.41, 5.74) is 2.38. The van der Waals surface area contributed by atoms with Crippen LogP contribution in [0.4, 0.5) is 0 Å². The SMILES string of the molecule is CCCOCNC(C)c1n[nH]c2cc(C3(C)CCCCC3)nn12. The third-order valence-electron chi connectivity index (χ3n) is 5.01. The molecule has 2 aromatic heterocycles. The number of hydrogen-bond acceptors (Lipinski definition) is 4. The number of fused-ring (bicyclic) bond motifs is 1. The van der Waals surface area contributed by atoms with Crippen LogP contribution >= 0.6 is 0 Å². The van der Waals surface area contributed by atoms with E-state index < -0.39 is 0 Å². The molecule has 0 saturated heterocycles. The van der Waals surface area contributed by atoms with Gasteiger partial charge in [-0.25, -0.2) is 0 Å². The Hall–Kier alpha value is -1.40. The van der Waals surface area contributed by atoms with Gasteiger partial charge in [-0.15, -0.1) is 0 Å². The van der Waals surface area contributed by atoms with E-state index in [2.05, 4.69) is 42.4 Å². The monoisotopic (exact) mass is 319 g/mol. The summed E-state index contributed by atoms with van der Waals surface area (Å²) in [6.45, 7) is 7.86. The van der Waals surface area contributed by atoms with Crippen molar-refractivity contribution < 1.29 is 4.74 Å². The third kappa shape index (κ3) is 3.43. The first-order valence-corrected chi connectivity index (χ1v) is 8.90. The van der Waals surface area contributed by atoms with Gasteiger partial charge in [0.1, 0.15) is 0 Å². The zero-order chi connectivity index (χ0) is 16.3. The van der Waals surface area contributed by atoms with Gasteiger partial charge in [-0.1, -0.05) is 33.1 Å². The van der Waals surface area contributed by atoms with Crippen molar-refractivity contribution in [3.05, 3.63) is 17.6 Å². The van der Waals surface area contributed by atoms with Crippen molar-refractivity contribution in [2.75, 3.05) is 13.3 Å². The van der Waals surface area contributed by atoms with Gasteiger partial charge in [-0.05, 0) is 26.2 Å². The van der Waals surface area contributed by atoms with E-state index in [-0.39, 0.29) is 11.5 Å². The van der Waals surface area contributed by atoms with Crippen LogP contribution < -0.4 is 5.32 Å². The Morgan fingerprint density at radius 1 is 1.39 bits per heavy atom. The van der Waals surface area contributed by atoms with E-state index in [4.69, 9.17) is 9.84 Å². The maximum Gasteiger partial charge on any atom is 0.169 e. The highest BCUT2D eigenvalue weighted by molar-refractivity contribution is 5.41. The Balaban J connectivity index is 1.75. The molecule has 6 heteroatoms. The Morgan fingerprint density at radius 2 is 2.17 bits per heavy atom. The maximum atomic E-state index is 5.50. The molecule has 2 aromatic rings. The van der Waals surface area contributed by atoms with Crippen molar-refractivity contribution >= 4 is 5.65 Å². The molecule has 0 aliphatic heterocycles. The predicted octanol–water partition coefficient (Wildman–Crippen LogP) is 3.31. The second kappa shape index (κ2) is 7.01. The zero-order valence-electron chi connectivity index (χ0n) is 14.6. The third-order valence-corrected chi connectivity index (χ3v) is 5.01. The van der Waals surface area contributed by atoms with Crippen molar-refractivity contribution in [3.63, 3.8) is 0 Å². The molecule has 1 unspecified atom stereocenters. The topological polar surface area (TPSA) is 67.2 Å². The summed E-state index contributed by atoms with van der Waals surface area (Å²) in [6, 6.07) is 2.26. The number of aromatic nitrogens is 4. The zero-order valence-corrected chi connectivity index (χ0v) is 14.6. The molecular formula is C17H29N5O. The molecule has 6 nitrogen and oxygen atoms in total. The summed E-state index contributed by atoms with van der Waals surface area (Å²) < 4.78 is 7.45. The van der Waals surface area contributed by atoms with Gasteiger partial charge in [0.25, 0.3) is 0 Å². The first-order valence-electron chi connectivity index (χ1n) is 8.90. The number of hydrogen-bond donors (Lipinski definition) is 2. The van der Waals surface area contributed by atoms with Crippen molar-refractivity contribution in [1.82, 2.24) is 25.1 Å². The summed E-state index contributed by atoms with van der Waals surface area (Å²) in [5, 5.41) is 15.8. The molecule has 128 valence electrons. The lowest BCUT2D eigenvalue weighted by molar-refractivity contribution is 0.109. The number of nitrogens with one attached hydrogen (secondary N) is 2. The molecule has 1 fully saturated rings. The van der Waals surface area contributed by atoms with Crippen LogP contribution in [0.5, 0.6) is 0 Å². The van der Waals surface area contributed by atoms with Crippen molar-refractivity contribution in [3.8, 4) is 0 Å². The smallest absolute Gasteiger partial charge is 0.169 e. The van der Waals surface area contributed by atoms with Crippen LogP contribution in [-0.4, -0.2) is 33.1 Å². The van der Waals surface area contributed by atoms with Crippen molar-refractivity contribution in [2.45, 2.75) is 70.8 Å². The molecule has 0 radical (unpaired) electrons. The largest absolute Gasteiger partial charge is 0.366 e. The quantitative estimate of drug-likeness (QED) is 0.607. The average molecular weight is 319 g/mol. The van der Waals surface area contributed by atoms with E-state index in [0.29, 0.717) is 6.73 Å². The second-order valence-electron chi connectivity index (χ2n) is 7.01. The molecule has 1 saturated carbocycles. The van der Waals surface area contributed by atoms with Crippen LogP contribution in [0.3, 0.4) is 0 Å². The first kappa shape index (κ1) is 16.5. The molecule has 1 atom stereocenters. The van der Waals surface area contributed by atoms with Crippen LogP contribution in [0.15, 0.2) is 6.07 Å². The van der Waals surface area contributed by atoms with Gasteiger partial charge in [0, 0.05) is 18.1 Å². The van der Waals surface area contributed by atoms with Crippen LogP contribution in [0.2, 0.25) is 0 Å². The van der Waals surface area contributed by atoms with Crippen LogP contribution in [0.1, 0.15) is 76.9 Å². The Morgan fingerprint density at radius 3 is 2.91 bits per heavy atom. The minimum absolute atomic E-state index is 0.0903. The van der Waals surface area contributed by atoms with Crippen molar-refractivity contribution in [1.29, 1.82) is 0 Å². The fourth-order valence-corrected chi connectivity index (χ4v) is 3.45. The number of aromatic amines is 1. The van der Waals surface area contributed by atoms with E-state index in [1.807, 2.05) is 4.52 Å². The molecule has 0 bridgehead atoms. The molecule has 0 amide bonds. The van der Waals surface area contributed by atoms with Gasteiger partial charge in [0.05, 0.1) is 18.5 Å². The summed E-state index contributed by atoms with van der Waals surface area (Å²) in [4.78, 5) is 0. The summed E-state index contributed by atoms with van der Waals surface area (Å²) >= 11 is 0. The van der Waals surface area contributed by atoms with Gasteiger partial charge >= 0.3 is 0 Å². The van der Waals surface area contributed by atoms with Gasteiger partial charge in [-0.3, -0.25) is 10.4 Å². The minimum Gasteiger partial charge on any atom is -0.366 e. The van der Waals surface area contributed by atoms with E-state index in [9.17, 15) is 0 Å². The molecule has 23 heavy (non-hydrogen) atoms. The Bertz CT molecular complexity index is 626. The highest BCUT2D eigenvalue weighted by atomic mass is 16.5. The summed E-state index contributed by atoms with van der Waals surface area (Å²) in [7, 11) is 0. The van der Waals surface area contributed by atoms with Crippen LogP contribution in [-0.2, 0) is 10.2 Å². The minimum atomic E-state index is 0.0903. The fourth-order valence-electron chi connectivity index (χ4n) is 3.45. The van der Waals surface area contributed by atoms with Crippen molar-refractivity contribution in [2.24, 2.45) is 0 Å². The predicted molar refractivity (Wildman–Crippen MR) is 90.4 cm³/mol. The number of nitrogens with zero attached hydrogens (tertiary/aromatic N) is 3. The lowest BCUT2D eigenvalue weighted by Crippen LogP contribution is -2.26. The van der Waals surface area contributed by atoms with E-state index in [1.54, 1.807) is 0 Å². The number of rotatable bonds is 7. The van der Waals surface area contributed by atoms with E-state index in [1.165, 1.54) is 37.8 Å². The fraction of sp³-hybridized carbons (Fsp3) is 0.765.